The maximum Gasteiger partial charge on any atom is 0.319 e. The van der Waals surface area contributed by atoms with Gasteiger partial charge in [-0.25, -0.2) is 9.78 Å². The van der Waals surface area contributed by atoms with Gasteiger partial charge in [0.1, 0.15) is 6.26 Å². The number of nitrogens with one attached hydrogen (secondary N) is 2. The zero-order chi connectivity index (χ0) is 17.9. The first-order valence-corrected chi connectivity index (χ1v) is 7.99. The molecule has 6 nitrogen and oxygen atoms in total. The molecule has 0 fully saturated rings. The number of aromatic nitrogens is 1. The van der Waals surface area contributed by atoms with Crippen LogP contribution in [0.3, 0.4) is 0 Å². The molecule has 1 heterocycles. The van der Waals surface area contributed by atoms with Crippen molar-refractivity contribution in [1.82, 2.24) is 10.3 Å². The molecule has 1 unspecified atom stereocenters. The molecule has 0 radical (unpaired) electrons. The van der Waals surface area contributed by atoms with E-state index in [9.17, 15) is 9.90 Å². The summed E-state index contributed by atoms with van der Waals surface area (Å²) in [5.41, 5.74) is 2.23. The van der Waals surface area contributed by atoms with Crippen molar-refractivity contribution in [3.05, 3.63) is 35.7 Å². The SMILES string of the molecule is Cc1coc(-c2ccc(C)c(NC(=O)NCC(C)(O)C(C)C)c2)n1. The molecule has 0 saturated carbocycles. The zero-order valence-corrected chi connectivity index (χ0v) is 14.8. The molecule has 3 N–H and O–H groups in total. The molecule has 1 aromatic heterocycles. The molecule has 24 heavy (non-hydrogen) atoms. The van der Waals surface area contributed by atoms with Gasteiger partial charge in [-0.3, -0.25) is 0 Å². The lowest BCUT2D eigenvalue weighted by atomic mass is 9.93. The molecule has 2 aromatic rings. The van der Waals surface area contributed by atoms with Crippen LogP contribution in [0.2, 0.25) is 0 Å². The number of carbonyl (C=O) groups excluding carboxylic acids is 1. The van der Waals surface area contributed by atoms with Crippen LogP contribution in [0.15, 0.2) is 28.9 Å². The topological polar surface area (TPSA) is 87.4 Å². The molecule has 130 valence electrons. The highest BCUT2D eigenvalue weighted by molar-refractivity contribution is 5.90. The Hall–Kier alpha value is -2.34. The molecular weight excluding hydrogens is 306 g/mol. The highest BCUT2D eigenvalue weighted by Gasteiger charge is 2.25. The van der Waals surface area contributed by atoms with Crippen LogP contribution < -0.4 is 10.6 Å². The fraction of sp³-hybridized carbons (Fsp3) is 0.444. The number of nitrogens with zero attached hydrogens (tertiary/aromatic N) is 1. The fourth-order valence-corrected chi connectivity index (χ4v) is 2.01. The van der Waals surface area contributed by atoms with Gasteiger partial charge in [0.2, 0.25) is 5.89 Å². The van der Waals surface area contributed by atoms with Crippen LogP contribution in [0.25, 0.3) is 11.5 Å². The first kappa shape index (κ1) is 18.0. The number of oxazole rings is 1. The van der Waals surface area contributed by atoms with Gasteiger partial charge in [0.05, 0.1) is 11.3 Å². The molecule has 1 aromatic carbocycles. The van der Waals surface area contributed by atoms with Gasteiger partial charge in [-0.1, -0.05) is 19.9 Å². The number of carbonyl (C=O) groups is 1. The van der Waals surface area contributed by atoms with Crippen molar-refractivity contribution in [2.45, 2.75) is 40.2 Å². The zero-order valence-electron chi connectivity index (χ0n) is 14.8. The number of benzene rings is 1. The van der Waals surface area contributed by atoms with Gasteiger partial charge in [-0.05, 0) is 44.4 Å². The van der Waals surface area contributed by atoms with Gasteiger partial charge in [0.15, 0.2) is 0 Å². The van der Waals surface area contributed by atoms with Crippen LogP contribution >= 0.6 is 0 Å². The van der Waals surface area contributed by atoms with Crippen molar-refractivity contribution in [2.24, 2.45) is 5.92 Å². The summed E-state index contributed by atoms with van der Waals surface area (Å²) in [4.78, 5) is 16.4. The fourth-order valence-electron chi connectivity index (χ4n) is 2.01. The molecule has 2 rings (SSSR count). The number of rotatable bonds is 5. The summed E-state index contributed by atoms with van der Waals surface area (Å²) in [7, 11) is 0. The molecular formula is C18H25N3O3. The van der Waals surface area contributed by atoms with Crippen molar-refractivity contribution in [1.29, 1.82) is 0 Å². The number of anilines is 1. The predicted molar refractivity (Wildman–Crippen MR) is 93.9 cm³/mol. The lowest BCUT2D eigenvalue weighted by molar-refractivity contribution is 0.0170. The Morgan fingerprint density at radius 1 is 1.38 bits per heavy atom. The second-order valence-electron chi connectivity index (χ2n) is 6.64. The summed E-state index contributed by atoms with van der Waals surface area (Å²) >= 11 is 0. The van der Waals surface area contributed by atoms with E-state index in [0.29, 0.717) is 11.6 Å². The molecule has 0 aliphatic heterocycles. The van der Waals surface area contributed by atoms with Gasteiger partial charge in [0.25, 0.3) is 0 Å². The summed E-state index contributed by atoms with van der Waals surface area (Å²) in [5, 5.41) is 15.7. The maximum absolute atomic E-state index is 12.1. The molecule has 1 atom stereocenters. The molecule has 0 saturated heterocycles. The number of aryl methyl sites for hydroxylation is 2. The monoisotopic (exact) mass is 331 g/mol. The summed E-state index contributed by atoms with van der Waals surface area (Å²) in [6, 6.07) is 5.25. The third-order valence-electron chi connectivity index (χ3n) is 4.20. The number of hydrogen-bond donors (Lipinski definition) is 3. The minimum atomic E-state index is -0.955. The standard InChI is InChI=1S/C18H25N3O3/c1-11(2)18(5,23)10-19-17(22)21-15-8-14(7-6-12(15)3)16-20-13(4)9-24-16/h6-9,11,23H,10H2,1-5H3,(H2,19,21,22). The van der Waals surface area contributed by atoms with Gasteiger partial charge < -0.3 is 20.2 Å². The summed E-state index contributed by atoms with van der Waals surface area (Å²) in [6.07, 6.45) is 1.59. The van der Waals surface area contributed by atoms with Gasteiger partial charge in [-0.15, -0.1) is 0 Å². The Bertz CT molecular complexity index is 720. The van der Waals surface area contributed by atoms with Crippen LogP contribution in [0.5, 0.6) is 0 Å². The van der Waals surface area contributed by atoms with E-state index in [-0.39, 0.29) is 18.5 Å². The molecule has 0 spiro atoms. The minimum absolute atomic E-state index is 0.0381. The van der Waals surface area contributed by atoms with Crippen molar-refractivity contribution >= 4 is 11.7 Å². The van der Waals surface area contributed by atoms with Crippen molar-refractivity contribution in [2.75, 3.05) is 11.9 Å². The lowest BCUT2D eigenvalue weighted by Crippen LogP contribution is -2.45. The van der Waals surface area contributed by atoms with Crippen molar-refractivity contribution in [3.63, 3.8) is 0 Å². The summed E-state index contributed by atoms with van der Waals surface area (Å²) < 4.78 is 5.40. The van der Waals surface area contributed by atoms with E-state index in [4.69, 9.17) is 4.42 Å². The molecule has 6 heteroatoms. The Labute approximate surface area is 142 Å². The average molecular weight is 331 g/mol. The molecule has 0 bridgehead atoms. The molecule has 0 aliphatic carbocycles. The quantitative estimate of drug-likeness (QED) is 0.782. The highest BCUT2D eigenvalue weighted by Crippen LogP contribution is 2.25. The van der Waals surface area contributed by atoms with Crippen LogP contribution in [-0.4, -0.2) is 28.3 Å². The lowest BCUT2D eigenvalue weighted by Gasteiger charge is -2.27. The smallest absolute Gasteiger partial charge is 0.319 e. The second kappa shape index (κ2) is 7.05. The van der Waals surface area contributed by atoms with E-state index in [1.807, 2.05) is 45.9 Å². The van der Waals surface area contributed by atoms with Crippen LogP contribution in [0.1, 0.15) is 32.0 Å². The van der Waals surface area contributed by atoms with Crippen molar-refractivity contribution < 1.29 is 14.3 Å². The summed E-state index contributed by atoms with van der Waals surface area (Å²) in [6.45, 7) is 9.46. The molecule has 2 amide bonds. The first-order chi connectivity index (χ1) is 11.2. The van der Waals surface area contributed by atoms with Crippen LogP contribution in [-0.2, 0) is 0 Å². The Morgan fingerprint density at radius 2 is 2.08 bits per heavy atom. The number of urea groups is 1. The van der Waals surface area contributed by atoms with Crippen molar-refractivity contribution in [3.8, 4) is 11.5 Å². The van der Waals surface area contributed by atoms with E-state index in [0.717, 1.165) is 16.8 Å². The third kappa shape index (κ3) is 4.35. The van der Waals surface area contributed by atoms with E-state index in [1.54, 1.807) is 13.2 Å². The summed E-state index contributed by atoms with van der Waals surface area (Å²) in [5.74, 6) is 0.551. The van der Waals surface area contributed by atoms with Gasteiger partial charge in [-0.2, -0.15) is 0 Å². The largest absolute Gasteiger partial charge is 0.444 e. The number of aliphatic hydroxyl groups is 1. The number of hydrogen-bond acceptors (Lipinski definition) is 4. The van der Waals surface area contributed by atoms with Crippen LogP contribution in [0.4, 0.5) is 10.5 Å². The maximum atomic E-state index is 12.1. The predicted octanol–water partition coefficient (Wildman–Crippen LogP) is 3.49. The Morgan fingerprint density at radius 3 is 2.67 bits per heavy atom. The Balaban J connectivity index is 2.08. The van der Waals surface area contributed by atoms with Gasteiger partial charge >= 0.3 is 6.03 Å². The van der Waals surface area contributed by atoms with E-state index in [1.165, 1.54) is 0 Å². The van der Waals surface area contributed by atoms with E-state index >= 15 is 0 Å². The van der Waals surface area contributed by atoms with E-state index in [2.05, 4.69) is 15.6 Å². The molecule has 0 aliphatic rings. The third-order valence-corrected chi connectivity index (χ3v) is 4.20. The Kier molecular flexibility index (Phi) is 5.29. The van der Waals surface area contributed by atoms with Crippen LogP contribution in [0, 0.1) is 19.8 Å². The van der Waals surface area contributed by atoms with Gasteiger partial charge in [0, 0.05) is 17.8 Å². The first-order valence-electron chi connectivity index (χ1n) is 7.99. The minimum Gasteiger partial charge on any atom is -0.444 e. The van der Waals surface area contributed by atoms with E-state index < -0.39 is 5.60 Å². The average Bonchev–Trinajstić information content (AvgIpc) is 2.94. The second-order valence-corrected chi connectivity index (χ2v) is 6.64. The number of amides is 2. The highest BCUT2D eigenvalue weighted by atomic mass is 16.3. The normalized spacial score (nSPS) is 13.6.